The van der Waals surface area contributed by atoms with Crippen LogP contribution in [0, 0.1) is 12.3 Å². The molecule has 1 aromatic carbocycles. The summed E-state index contributed by atoms with van der Waals surface area (Å²) >= 11 is 0. The summed E-state index contributed by atoms with van der Waals surface area (Å²) in [6, 6.07) is 16.0. The lowest BCUT2D eigenvalue weighted by Crippen LogP contribution is -2.27. The van der Waals surface area contributed by atoms with Crippen molar-refractivity contribution in [3.63, 3.8) is 0 Å². The van der Waals surface area contributed by atoms with Crippen LogP contribution in [0.15, 0.2) is 67.1 Å². The second kappa shape index (κ2) is 8.88. The maximum atomic E-state index is 12.4. The fourth-order valence-corrected chi connectivity index (χ4v) is 4.27. The molecular formula is C29H26N8O. The third-order valence-corrected chi connectivity index (χ3v) is 6.33. The number of H-pyrrole nitrogens is 2. The van der Waals surface area contributed by atoms with Crippen molar-refractivity contribution >= 4 is 33.8 Å². The number of pyridine rings is 3. The standard InChI is InChI=1S/C29H26N8O/c1-16-6-5-7-17(12-16)20-10-11-31-26-23(20)34-27(35-26)25-24-22(36-37-25)9-8-21(33-24)18-13-19(15-30-14-18)32-28(38)29(2,3)4/h5-15H,1-4H3,(H,32,38)(H,36,37)(H,31,34,35). The van der Waals surface area contributed by atoms with E-state index in [1.807, 2.05) is 51.1 Å². The van der Waals surface area contributed by atoms with Crippen LogP contribution in [0.5, 0.6) is 0 Å². The number of benzene rings is 1. The molecule has 0 atom stereocenters. The zero-order valence-electron chi connectivity index (χ0n) is 21.5. The Bertz CT molecular complexity index is 1830. The highest BCUT2D eigenvalue weighted by molar-refractivity contribution is 5.96. The topological polar surface area (TPSA) is 125 Å². The van der Waals surface area contributed by atoms with Crippen molar-refractivity contribution in [2.45, 2.75) is 27.7 Å². The lowest BCUT2D eigenvalue weighted by molar-refractivity contribution is -0.123. The molecule has 0 radical (unpaired) electrons. The Balaban J connectivity index is 1.40. The van der Waals surface area contributed by atoms with Crippen molar-refractivity contribution in [2.75, 3.05) is 5.32 Å². The lowest BCUT2D eigenvalue weighted by atomic mass is 9.95. The minimum Gasteiger partial charge on any atom is -0.335 e. The lowest BCUT2D eigenvalue weighted by Gasteiger charge is -2.17. The van der Waals surface area contributed by atoms with E-state index in [4.69, 9.17) is 9.97 Å². The summed E-state index contributed by atoms with van der Waals surface area (Å²) in [5.41, 5.74) is 8.36. The molecular weight excluding hydrogens is 476 g/mol. The van der Waals surface area contributed by atoms with Gasteiger partial charge in [-0.2, -0.15) is 5.10 Å². The summed E-state index contributed by atoms with van der Waals surface area (Å²) < 4.78 is 0. The van der Waals surface area contributed by atoms with E-state index in [2.05, 4.69) is 55.6 Å². The molecule has 0 aliphatic heterocycles. The quantitative estimate of drug-likeness (QED) is 0.275. The van der Waals surface area contributed by atoms with Crippen molar-refractivity contribution in [1.82, 2.24) is 35.1 Å². The van der Waals surface area contributed by atoms with Gasteiger partial charge in [-0.15, -0.1) is 0 Å². The molecule has 38 heavy (non-hydrogen) atoms. The van der Waals surface area contributed by atoms with E-state index in [0.717, 1.165) is 27.7 Å². The smallest absolute Gasteiger partial charge is 0.229 e. The van der Waals surface area contributed by atoms with Crippen molar-refractivity contribution in [3.8, 4) is 33.9 Å². The number of hydrogen-bond acceptors (Lipinski definition) is 6. The summed E-state index contributed by atoms with van der Waals surface area (Å²) in [6.45, 7) is 7.68. The summed E-state index contributed by atoms with van der Waals surface area (Å²) in [6.07, 6.45) is 5.12. The van der Waals surface area contributed by atoms with E-state index in [1.165, 1.54) is 5.56 Å². The van der Waals surface area contributed by atoms with Crippen LogP contribution in [0.4, 0.5) is 5.69 Å². The van der Waals surface area contributed by atoms with Gasteiger partial charge in [0.1, 0.15) is 5.52 Å². The van der Waals surface area contributed by atoms with Crippen LogP contribution in [0.2, 0.25) is 0 Å². The molecule has 0 unspecified atom stereocenters. The molecule has 6 rings (SSSR count). The fourth-order valence-electron chi connectivity index (χ4n) is 4.27. The third-order valence-electron chi connectivity index (χ3n) is 6.33. The molecule has 5 heterocycles. The number of fused-ring (bicyclic) bond motifs is 2. The van der Waals surface area contributed by atoms with Crippen molar-refractivity contribution < 1.29 is 4.79 Å². The average Bonchev–Trinajstić information content (AvgIpc) is 3.52. The van der Waals surface area contributed by atoms with E-state index >= 15 is 0 Å². The second-order valence-electron chi connectivity index (χ2n) is 10.3. The highest BCUT2D eigenvalue weighted by atomic mass is 16.2. The number of rotatable bonds is 4. The van der Waals surface area contributed by atoms with Gasteiger partial charge in [0.25, 0.3) is 0 Å². The number of amides is 1. The SMILES string of the molecule is Cc1cccc(-c2ccnc3nc(-c4n[nH]c5ccc(-c6cncc(NC(=O)C(C)(C)C)c6)nc45)[nH]c23)c1. The van der Waals surface area contributed by atoms with Crippen molar-refractivity contribution in [3.05, 3.63) is 72.7 Å². The largest absolute Gasteiger partial charge is 0.335 e. The first-order valence-corrected chi connectivity index (χ1v) is 12.3. The number of imidazole rings is 1. The van der Waals surface area contributed by atoms with Crippen molar-refractivity contribution in [2.24, 2.45) is 5.41 Å². The number of nitrogens with one attached hydrogen (secondary N) is 3. The van der Waals surface area contributed by atoms with Crippen LogP contribution in [-0.2, 0) is 4.79 Å². The molecule has 9 heteroatoms. The molecule has 0 saturated heterocycles. The number of aromatic amines is 2. The van der Waals surface area contributed by atoms with Crippen LogP contribution < -0.4 is 5.32 Å². The van der Waals surface area contributed by atoms with Gasteiger partial charge in [-0.05, 0) is 36.8 Å². The first-order chi connectivity index (χ1) is 18.3. The molecule has 5 aromatic heterocycles. The monoisotopic (exact) mass is 502 g/mol. The predicted molar refractivity (Wildman–Crippen MR) is 148 cm³/mol. The zero-order valence-corrected chi connectivity index (χ0v) is 21.5. The van der Waals surface area contributed by atoms with Crippen LogP contribution in [0.25, 0.3) is 56.1 Å². The van der Waals surface area contributed by atoms with Crippen LogP contribution >= 0.6 is 0 Å². The van der Waals surface area contributed by atoms with Gasteiger partial charge in [0.2, 0.25) is 5.91 Å². The number of aromatic nitrogens is 7. The third kappa shape index (κ3) is 4.28. The van der Waals surface area contributed by atoms with E-state index in [9.17, 15) is 4.79 Å². The molecule has 188 valence electrons. The summed E-state index contributed by atoms with van der Waals surface area (Å²) in [7, 11) is 0. The van der Waals surface area contributed by atoms with Gasteiger partial charge in [0.15, 0.2) is 17.2 Å². The predicted octanol–water partition coefficient (Wildman–Crippen LogP) is 5.92. The van der Waals surface area contributed by atoms with Crippen LogP contribution in [0.3, 0.4) is 0 Å². The van der Waals surface area contributed by atoms with E-state index in [0.29, 0.717) is 34.1 Å². The average molecular weight is 503 g/mol. The fraction of sp³-hybridized carbons (Fsp3) is 0.172. The Hall–Kier alpha value is -4.92. The molecule has 0 bridgehead atoms. The van der Waals surface area contributed by atoms with Gasteiger partial charge in [0.05, 0.1) is 28.6 Å². The first kappa shape index (κ1) is 23.5. The highest BCUT2D eigenvalue weighted by Crippen LogP contribution is 2.31. The summed E-state index contributed by atoms with van der Waals surface area (Å²) in [5.74, 6) is 0.494. The maximum Gasteiger partial charge on any atom is 0.229 e. The number of carbonyl (C=O) groups is 1. The molecule has 6 aromatic rings. The van der Waals surface area contributed by atoms with Crippen LogP contribution in [-0.4, -0.2) is 41.0 Å². The number of aryl methyl sites for hydroxylation is 1. The van der Waals surface area contributed by atoms with Crippen molar-refractivity contribution in [1.29, 1.82) is 0 Å². The Morgan fingerprint density at radius 3 is 2.66 bits per heavy atom. The second-order valence-corrected chi connectivity index (χ2v) is 10.3. The molecule has 1 amide bonds. The molecule has 0 fully saturated rings. The van der Waals surface area contributed by atoms with Gasteiger partial charge in [-0.1, -0.05) is 50.6 Å². The zero-order chi connectivity index (χ0) is 26.4. The number of carbonyl (C=O) groups excluding carboxylic acids is 1. The Morgan fingerprint density at radius 1 is 0.974 bits per heavy atom. The molecule has 9 nitrogen and oxygen atoms in total. The maximum absolute atomic E-state index is 12.4. The Morgan fingerprint density at radius 2 is 1.84 bits per heavy atom. The summed E-state index contributed by atoms with van der Waals surface area (Å²) in [4.78, 5) is 34.3. The Labute approximate surface area is 218 Å². The van der Waals surface area contributed by atoms with E-state index in [-0.39, 0.29) is 5.91 Å². The van der Waals surface area contributed by atoms with E-state index in [1.54, 1.807) is 18.6 Å². The van der Waals surface area contributed by atoms with Gasteiger partial charge in [0, 0.05) is 28.9 Å². The van der Waals surface area contributed by atoms with Gasteiger partial charge in [-0.3, -0.25) is 14.9 Å². The summed E-state index contributed by atoms with van der Waals surface area (Å²) in [5, 5.41) is 10.5. The molecule has 0 spiro atoms. The number of anilines is 1. The minimum absolute atomic E-state index is 0.0829. The molecule has 0 saturated carbocycles. The number of nitrogens with zero attached hydrogens (tertiary/aromatic N) is 5. The van der Waals surface area contributed by atoms with E-state index < -0.39 is 5.41 Å². The molecule has 0 aliphatic rings. The minimum atomic E-state index is -0.514. The molecule has 0 aliphatic carbocycles. The normalized spacial score (nSPS) is 11.8. The van der Waals surface area contributed by atoms with Gasteiger partial charge in [-0.25, -0.2) is 15.0 Å². The number of hydrogen-bond donors (Lipinski definition) is 3. The Kier molecular flexibility index (Phi) is 5.48. The van der Waals surface area contributed by atoms with Gasteiger partial charge >= 0.3 is 0 Å². The van der Waals surface area contributed by atoms with Crippen LogP contribution in [0.1, 0.15) is 26.3 Å². The molecule has 3 N–H and O–H groups in total. The highest BCUT2D eigenvalue weighted by Gasteiger charge is 2.22. The van der Waals surface area contributed by atoms with Gasteiger partial charge < -0.3 is 10.3 Å². The first-order valence-electron chi connectivity index (χ1n) is 12.3.